The molecule has 2 aromatic carbocycles. The lowest BCUT2D eigenvalue weighted by Gasteiger charge is -2.33. The maximum Gasteiger partial charge on any atom is 0.391 e. The van der Waals surface area contributed by atoms with Crippen LogP contribution in [-0.4, -0.2) is 71.5 Å². The van der Waals surface area contributed by atoms with E-state index in [0.717, 1.165) is 43.5 Å². The van der Waals surface area contributed by atoms with Gasteiger partial charge in [0.15, 0.2) is 0 Å². The van der Waals surface area contributed by atoms with Crippen LogP contribution < -0.4 is 0 Å². The Kier molecular flexibility index (Phi) is 8.45. The third kappa shape index (κ3) is 6.23. The van der Waals surface area contributed by atoms with E-state index in [-0.39, 0.29) is 43.8 Å². The molecule has 3 saturated heterocycles. The standard InChI is InChI=1S/C29H32Cl2F3N3O2/c30-24-16-21(17-25(31)23(24)18-37-15-10-26(28(37)39)35-11-2-1-3-12-35)19-4-6-20(7-5-19)27(38)36-13-8-22(9-14-36)29(32,33)34/h4-7,16-17,22,26H,1-3,8-15,18H2/t26-/m1/s1. The van der Waals surface area contributed by atoms with E-state index in [4.69, 9.17) is 23.2 Å². The number of hydrogen-bond acceptors (Lipinski definition) is 3. The number of piperidine rings is 2. The molecular weight excluding hydrogens is 550 g/mol. The van der Waals surface area contributed by atoms with Crippen molar-refractivity contribution in [1.29, 1.82) is 0 Å². The zero-order valence-electron chi connectivity index (χ0n) is 21.7. The average Bonchev–Trinajstić information content (AvgIpc) is 3.30. The second-order valence-electron chi connectivity index (χ2n) is 10.8. The van der Waals surface area contributed by atoms with Crippen molar-refractivity contribution in [2.75, 3.05) is 32.7 Å². The second kappa shape index (κ2) is 11.7. The number of nitrogens with zero attached hydrogens (tertiary/aromatic N) is 3. The van der Waals surface area contributed by atoms with E-state index >= 15 is 0 Å². The summed E-state index contributed by atoms with van der Waals surface area (Å²) in [6, 6.07) is 10.5. The highest BCUT2D eigenvalue weighted by atomic mass is 35.5. The van der Waals surface area contributed by atoms with Gasteiger partial charge in [0, 0.05) is 47.4 Å². The maximum atomic E-state index is 13.1. The molecule has 3 fully saturated rings. The minimum Gasteiger partial charge on any atom is -0.339 e. The van der Waals surface area contributed by atoms with Crippen molar-refractivity contribution in [3.8, 4) is 11.1 Å². The van der Waals surface area contributed by atoms with Gasteiger partial charge in [-0.1, -0.05) is 41.8 Å². The highest BCUT2D eigenvalue weighted by Crippen LogP contribution is 2.36. The monoisotopic (exact) mass is 581 g/mol. The van der Waals surface area contributed by atoms with Gasteiger partial charge in [-0.2, -0.15) is 13.2 Å². The van der Waals surface area contributed by atoms with Gasteiger partial charge >= 0.3 is 6.18 Å². The highest BCUT2D eigenvalue weighted by Gasteiger charge is 2.42. The smallest absolute Gasteiger partial charge is 0.339 e. The summed E-state index contributed by atoms with van der Waals surface area (Å²) >= 11 is 13.3. The molecule has 2 aromatic rings. The molecule has 5 nitrogen and oxygen atoms in total. The molecule has 1 atom stereocenters. The van der Waals surface area contributed by atoms with Gasteiger partial charge in [-0.3, -0.25) is 14.5 Å². The van der Waals surface area contributed by atoms with Gasteiger partial charge < -0.3 is 9.80 Å². The van der Waals surface area contributed by atoms with E-state index in [1.54, 1.807) is 24.3 Å². The van der Waals surface area contributed by atoms with E-state index in [0.29, 0.717) is 34.3 Å². The third-order valence-electron chi connectivity index (χ3n) is 8.30. The molecule has 0 aromatic heterocycles. The number of benzene rings is 2. The Bertz CT molecular complexity index is 1180. The lowest BCUT2D eigenvalue weighted by Crippen LogP contribution is -2.44. The third-order valence-corrected chi connectivity index (χ3v) is 8.98. The van der Waals surface area contributed by atoms with Crippen LogP contribution in [0.15, 0.2) is 36.4 Å². The Morgan fingerprint density at radius 2 is 1.46 bits per heavy atom. The Balaban J connectivity index is 1.23. The summed E-state index contributed by atoms with van der Waals surface area (Å²) in [5.41, 5.74) is 2.72. The average molecular weight is 582 g/mol. The fourth-order valence-corrected chi connectivity index (χ4v) is 6.56. The van der Waals surface area contributed by atoms with Crippen molar-refractivity contribution in [3.05, 3.63) is 57.6 Å². The molecule has 3 aliphatic rings. The molecule has 0 saturated carbocycles. The first-order chi connectivity index (χ1) is 18.6. The summed E-state index contributed by atoms with van der Waals surface area (Å²) in [4.78, 5) is 31.6. The number of carbonyl (C=O) groups is 2. The van der Waals surface area contributed by atoms with E-state index in [9.17, 15) is 22.8 Å². The van der Waals surface area contributed by atoms with Crippen molar-refractivity contribution in [2.24, 2.45) is 5.92 Å². The number of hydrogen-bond donors (Lipinski definition) is 0. The van der Waals surface area contributed by atoms with Gasteiger partial charge in [0.05, 0.1) is 12.0 Å². The molecule has 2 amide bonds. The van der Waals surface area contributed by atoms with Gasteiger partial charge in [-0.25, -0.2) is 0 Å². The zero-order valence-corrected chi connectivity index (χ0v) is 23.2. The molecular formula is C29H32Cl2F3N3O2. The largest absolute Gasteiger partial charge is 0.391 e. The summed E-state index contributed by atoms with van der Waals surface area (Å²) < 4.78 is 38.8. The summed E-state index contributed by atoms with van der Waals surface area (Å²) in [6.07, 6.45) is -0.0393. The molecule has 5 rings (SSSR count). The number of amides is 2. The van der Waals surface area contributed by atoms with Gasteiger partial charge in [0.25, 0.3) is 5.91 Å². The van der Waals surface area contributed by atoms with E-state index < -0.39 is 12.1 Å². The molecule has 0 aliphatic carbocycles. The van der Waals surface area contributed by atoms with Crippen LogP contribution in [0.2, 0.25) is 10.0 Å². The molecule has 10 heteroatoms. The first-order valence-electron chi connectivity index (χ1n) is 13.6. The Morgan fingerprint density at radius 3 is 2.05 bits per heavy atom. The van der Waals surface area contributed by atoms with E-state index in [1.807, 2.05) is 17.0 Å². The molecule has 0 radical (unpaired) electrons. The van der Waals surface area contributed by atoms with Crippen LogP contribution >= 0.6 is 23.2 Å². The normalized spacial score (nSPS) is 21.6. The molecule has 0 unspecified atom stereocenters. The lowest BCUT2D eigenvalue weighted by molar-refractivity contribution is -0.183. The van der Waals surface area contributed by atoms with Gasteiger partial charge in [-0.15, -0.1) is 0 Å². The van der Waals surface area contributed by atoms with Crippen LogP contribution in [0.1, 0.15) is 54.4 Å². The van der Waals surface area contributed by atoms with Crippen molar-refractivity contribution >= 4 is 35.0 Å². The summed E-state index contributed by atoms with van der Waals surface area (Å²) in [5.74, 6) is -1.48. The summed E-state index contributed by atoms with van der Waals surface area (Å²) in [7, 11) is 0. The van der Waals surface area contributed by atoms with Gasteiger partial charge in [0.1, 0.15) is 0 Å². The predicted octanol–water partition coefficient (Wildman–Crippen LogP) is 6.66. The molecule has 3 aliphatic heterocycles. The van der Waals surface area contributed by atoms with Crippen LogP contribution in [-0.2, 0) is 11.3 Å². The minimum atomic E-state index is -4.21. The quantitative estimate of drug-likeness (QED) is 0.396. The highest BCUT2D eigenvalue weighted by molar-refractivity contribution is 6.36. The fraction of sp³-hybridized carbons (Fsp3) is 0.517. The SMILES string of the molecule is O=C(c1ccc(-c2cc(Cl)c(CN3CC[C@@H](N4CCCCC4)C3=O)c(Cl)c2)cc1)N1CCC(C(F)(F)F)CC1. The van der Waals surface area contributed by atoms with E-state index in [1.165, 1.54) is 11.3 Å². The Morgan fingerprint density at radius 1 is 0.846 bits per heavy atom. The number of rotatable bonds is 5. The van der Waals surface area contributed by atoms with Gasteiger partial charge in [-0.05, 0) is 80.6 Å². The molecule has 39 heavy (non-hydrogen) atoms. The van der Waals surface area contributed by atoms with Crippen molar-refractivity contribution in [2.45, 2.75) is 57.3 Å². The minimum absolute atomic E-state index is 0.0562. The predicted molar refractivity (Wildman–Crippen MR) is 146 cm³/mol. The van der Waals surface area contributed by atoms with E-state index in [2.05, 4.69) is 4.90 Å². The number of halogens is 5. The summed E-state index contributed by atoms with van der Waals surface area (Å²) in [5, 5.41) is 0.943. The molecule has 3 heterocycles. The van der Waals surface area contributed by atoms with Crippen molar-refractivity contribution in [3.63, 3.8) is 0 Å². The second-order valence-corrected chi connectivity index (χ2v) is 11.6. The Hall–Kier alpha value is -2.29. The topological polar surface area (TPSA) is 43.9 Å². The maximum absolute atomic E-state index is 13.1. The number of alkyl halides is 3. The van der Waals surface area contributed by atoms with Crippen LogP contribution in [0.25, 0.3) is 11.1 Å². The van der Waals surface area contributed by atoms with Crippen molar-refractivity contribution in [1.82, 2.24) is 14.7 Å². The fourth-order valence-electron chi connectivity index (χ4n) is 5.96. The van der Waals surface area contributed by atoms with Crippen molar-refractivity contribution < 1.29 is 22.8 Å². The van der Waals surface area contributed by atoms with Crippen LogP contribution in [0, 0.1) is 5.92 Å². The molecule has 210 valence electrons. The number of carbonyl (C=O) groups excluding carboxylic acids is 2. The van der Waals surface area contributed by atoms with Crippen LogP contribution in [0.3, 0.4) is 0 Å². The zero-order chi connectivity index (χ0) is 27.7. The molecule has 0 N–H and O–H groups in total. The molecule has 0 spiro atoms. The number of likely N-dealkylation sites (tertiary alicyclic amines) is 3. The lowest BCUT2D eigenvalue weighted by atomic mass is 9.95. The summed E-state index contributed by atoms with van der Waals surface area (Å²) in [6.45, 7) is 3.17. The van der Waals surface area contributed by atoms with Gasteiger partial charge in [0.2, 0.25) is 5.91 Å². The molecule has 0 bridgehead atoms. The first-order valence-corrected chi connectivity index (χ1v) is 14.3. The van der Waals surface area contributed by atoms with Crippen LogP contribution in [0.4, 0.5) is 13.2 Å². The first kappa shape index (κ1) is 28.2. The van der Waals surface area contributed by atoms with Crippen LogP contribution in [0.5, 0.6) is 0 Å². The Labute approximate surface area is 236 Å².